The van der Waals surface area contributed by atoms with E-state index < -0.39 is 0 Å². The van der Waals surface area contributed by atoms with Gasteiger partial charge in [0.25, 0.3) is 0 Å². The second kappa shape index (κ2) is 3.49. The van der Waals surface area contributed by atoms with E-state index in [9.17, 15) is 0 Å². The number of hydrogen-bond acceptors (Lipinski definition) is 3. The van der Waals surface area contributed by atoms with Crippen molar-refractivity contribution in [1.29, 1.82) is 0 Å². The Hall–Kier alpha value is -0.670. The molecule has 3 nitrogen and oxygen atoms in total. The maximum absolute atomic E-state index is 5.59. The first-order chi connectivity index (χ1) is 4.83. The van der Waals surface area contributed by atoms with E-state index in [1.807, 2.05) is 0 Å². The zero-order valence-corrected chi connectivity index (χ0v) is 6.17. The van der Waals surface area contributed by atoms with E-state index in [2.05, 4.69) is 9.97 Å². The maximum Gasteiger partial charge on any atom is 0.132 e. The van der Waals surface area contributed by atoms with Gasteiger partial charge in [-0.15, -0.1) is 0 Å². The summed E-state index contributed by atoms with van der Waals surface area (Å²) in [6.07, 6.45) is 2.31. The van der Waals surface area contributed by atoms with Crippen LogP contribution >= 0.6 is 11.6 Å². The standard InChI is InChI=1S/C6H8ClN3/c7-5-2-4-9-6(10-5)1-3-8/h2,4H,1,3,8H2. The molecule has 0 radical (unpaired) electrons. The largest absolute Gasteiger partial charge is 0.330 e. The highest BCUT2D eigenvalue weighted by atomic mass is 35.5. The summed E-state index contributed by atoms with van der Waals surface area (Å²) < 4.78 is 0. The van der Waals surface area contributed by atoms with Crippen molar-refractivity contribution >= 4 is 11.6 Å². The third-order valence-corrected chi connectivity index (χ3v) is 1.25. The molecule has 0 bridgehead atoms. The smallest absolute Gasteiger partial charge is 0.132 e. The molecule has 0 aromatic carbocycles. The van der Waals surface area contributed by atoms with Gasteiger partial charge in [-0.05, 0) is 12.6 Å². The highest BCUT2D eigenvalue weighted by molar-refractivity contribution is 6.29. The van der Waals surface area contributed by atoms with Crippen LogP contribution in [0.5, 0.6) is 0 Å². The van der Waals surface area contributed by atoms with Gasteiger partial charge in [0, 0.05) is 12.6 Å². The third-order valence-electron chi connectivity index (χ3n) is 1.04. The van der Waals surface area contributed by atoms with Crippen molar-refractivity contribution in [3.63, 3.8) is 0 Å². The molecule has 0 unspecified atom stereocenters. The van der Waals surface area contributed by atoms with Crippen molar-refractivity contribution in [2.24, 2.45) is 5.73 Å². The van der Waals surface area contributed by atoms with E-state index in [1.165, 1.54) is 0 Å². The SMILES string of the molecule is NCCc1nccc(Cl)n1. The summed E-state index contributed by atoms with van der Waals surface area (Å²) >= 11 is 5.59. The maximum atomic E-state index is 5.59. The number of halogens is 1. The van der Waals surface area contributed by atoms with Gasteiger partial charge in [-0.1, -0.05) is 11.6 Å². The minimum atomic E-state index is 0.471. The third kappa shape index (κ3) is 1.93. The van der Waals surface area contributed by atoms with Crippen LogP contribution in [0.1, 0.15) is 5.82 Å². The first-order valence-corrected chi connectivity index (χ1v) is 3.38. The molecule has 10 heavy (non-hydrogen) atoms. The average molecular weight is 158 g/mol. The highest BCUT2D eigenvalue weighted by Gasteiger charge is 1.93. The summed E-state index contributed by atoms with van der Waals surface area (Å²) in [6, 6.07) is 1.64. The van der Waals surface area contributed by atoms with Crippen molar-refractivity contribution in [2.45, 2.75) is 6.42 Å². The first kappa shape index (κ1) is 7.44. The van der Waals surface area contributed by atoms with E-state index in [0.717, 1.165) is 0 Å². The van der Waals surface area contributed by atoms with Crippen LogP contribution in [0.25, 0.3) is 0 Å². The molecule has 0 amide bonds. The summed E-state index contributed by atoms with van der Waals surface area (Å²) in [5, 5.41) is 0.471. The van der Waals surface area contributed by atoms with Crippen molar-refractivity contribution in [1.82, 2.24) is 9.97 Å². The van der Waals surface area contributed by atoms with Gasteiger partial charge in [0.1, 0.15) is 11.0 Å². The Morgan fingerprint density at radius 1 is 1.60 bits per heavy atom. The topological polar surface area (TPSA) is 51.8 Å². The van der Waals surface area contributed by atoms with Gasteiger partial charge in [-0.2, -0.15) is 0 Å². The van der Waals surface area contributed by atoms with Gasteiger partial charge < -0.3 is 5.73 Å². The number of nitrogens with two attached hydrogens (primary N) is 1. The van der Waals surface area contributed by atoms with Gasteiger partial charge >= 0.3 is 0 Å². The monoisotopic (exact) mass is 157 g/mol. The molecule has 0 saturated carbocycles. The predicted molar refractivity (Wildman–Crippen MR) is 39.8 cm³/mol. The van der Waals surface area contributed by atoms with Crippen LogP contribution in [0.2, 0.25) is 5.15 Å². The van der Waals surface area contributed by atoms with Crippen LogP contribution < -0.4 is 5.73 Å². The van der Waals surface area contributed by atoms with Gasteiger partial charge in [0.2, 0.25) is 0 Å². The summed E-state index contributed by atoms with van der Waals surface area (Å²) in [7, 11) is 0. The van der Waals surface area contributed by atoms with E-state index in [-0.39, 0.29) is 0 Å². The molecular weight excluding hydrogens is 150 g/mol. The van der Waals surface area contributed by atoms with E-state index in [4.69, 9.17) is 17.3 Å². The molecule has 1 aromatic rings. The highest BCUT2D eigenvalue weighted by Crippen LogP contribution is 2.01. The Kier molecular flexibility index (Phi) is 2.59. The Balaban J connectivity index is 2.75. The summed E-state index contributed by atoms with van der Waals surface area (Å²) in [5.74, 6) is 0.704. The molecule has 0 aliphatic heterocycles. The second-order valence-corrected chi connectivity index (χ2v) is 2.22. The van der Waals surface area contributed by atoms with Crippen LogP contribution in [-0.2, 0) is 6.42 Å². The average Bonchev–Trinajstić information content (AvgIpc) is 1.88. The molecular formula is C6H8ClN3. The Morgan fingerprint density at radius 2 is 2.40 bits per heavy atom. The molecule has 0 spiro atoms. The lowest BCUT2D eigenvalue weighted by Gasteiger charge is -1.94. The molecule has 4 heteroatoms. The molecule has 2 N–H and O–H groups in total. The zero-order valence-electron chi connectivity index (χ0n) is 5.42. The molecule has 0 aliphatic carbocycles. The van der Waals surface area contributed by atoms with Gasteiger partial charge in [0.15, 0.2) is 0 Å². The summed E-state index contributed by atoms with van der Waals surface area (Å²) in [6.45, 7) is 0.556. The zero-order chi connectivity index (χ0) is 7.40. The fourth-order valence-corrected chi connectivity index (χ4v) is 0.778. The number of aromatic nitrogens is 2. The second-order valence-electron chi connectivity index (χ2n) is 1.83. The molecule has 0 aliphatic rings. The Labute approximate surface area is 64.2 Å². The van der Waals surface area contributed by atoms with E-state index in [0.29, 0.717) is 23.9 Å². The van der Waals surface area contributed by atoms with Crippen LogP contribution in [0.4, 0.5) is 0 Å². The lowest BCUT2D eigenvalue weighted by Crippen LogP contribution is -2.05. The van der Waals surface area contributed by atoms with Crippen LogP contribution in [0.15, 0.2) is 12.3 Å². The molecule has 1 aromatic heterocycles. The van der Waals surface area contributed by atoms with Gasteiger partial charge in [0.05, 0.1) is 0 Å². The molecule has 1 heterocycles. The number of nitrogens with zero attached hydrogens (tertiary/aromatic N) is 2. The Bertz CT molecular complexity index is 214. The van der Waals surface area contributed by atoms with E-state index in [1.54, 1.807) is 12.3 Å². The molecule has 1 rings (SSSR count). The predicted octanol–water partition coefficient (Wildman–Crippen LogP) is 0.631. The molecule has 0 saturated heterocycles. The quantitative estimate of drug-likeness (QED) is 0.641. The molecule has 54 valence electrons. The minimum Gasteiger partial charge on any atom is -0.330 e. The first-order valence-electron chi connectivity index (χ1n) is 3.00. The normalized spacial score (nSPS) is 9.80. The van der Waals surface area contributed by atoms with Crippen LogP contribution in [-0.4, -0.2) is 16.5 Å². The fraction of sp³-hybridized carbons (Fsp3) is 0.333. The van der Waals surface area contributed by atoms with E-state index >= 15 is 0 Å². The van der Waals surface area contributed by atoms with Crippen molar-refractivity contribution in [3.8, 4) is 0 Å². The molecule has 0 fully saturated rings. The van der Waals surface area contributed by atoms with Crippen LogP contribution in [0, 0.1) is 0 Å². The van der Waals surface area contributed by atoms with Crippen molar-refractivity contribution < 1.29 is 0 Å². The van der Waals surface area contributed by atoms with Crippen molar-refractivity contribution in [3.05, 3.63) is 23.2 Å². The number of rotatable bonds is 2. The van der Waals surface area contributed by atoms with Crippen LogP contribution in [0.3, 0.4) is 0 Å². The fourth-order valence-electron chi connectivity index (χ4n) is 0.624. The summed E-state index contributed by atoms with van der Waals surface area (Å²) in [5.41, 5.74) is 5.29. The minimum absolute atomic E-state index is 0.471. The summed E-state index contributed by atoms with van der Waals surface area (Å²) in [4.78, 5) is 7.89. The lowest BCUT2D eigenvalue weighted by molar-refractivity contribution is 0.867. The van der Waals surface area contributed by atoms with Gasteiger partial charge in [-0.25, -0.2) is 9.97 Å². The number of hydrogen-bond donors (Lipinski definition) is 1. The van der Waals surface area contributed by atoms with Gasteiger partial charge in [-0.3, -0.25) is 0 Å². The Morgan fingerprint density at radius 3 is 3.00 bits per heavy atom. The van der Waals surface area contributed by atoms with Crippen molar-refractivity contribution in [2.75, 3.05) is 6.54 Å². The molecule has 0 atom stereocenters. The lowest BCUT2D eigenvalue weighted by atomic mass is 10.4.